The summed E-state index contributed by atoms with van der Waals surface area (Å²) in [5, 5.41) is 0. The number of hydrogen-bond acceptors (Lipinski definition) is 4. The van der Waals surface area contributed by atoms with E-state index in [1.54, 1.807) is 49.6 Å². The summed E-state index contributed by atoms with van der Waals surface area (Å²) in [5.74, 6) is 1.41. The predicted octanol–water partition coefficient (Wildman–Crippen LogP) is 4.78. The highest BCUT2D eigenvalue weighted by Crippen LogP contribution is 2.52. The number of aromatic nitrogens is 1. The van der Waals surface area contributed by atoms with Crippen LogP contribution in [0.3, 0.4) is 0 Å². The van der Waals surface area contributed by atoms with Gasteiger partial charge in [0.1, 0.15) is 17.3 Å². The topological polar surface area (TPSA) is 51.7 Å². The third-order valence-electron chi connectivity index (χ3n) is 3.28. The molecule has 0 spiro atoms. The first-order valence-corrected chi connectivity index (χ1v) is 8.91. The molecular weight excluding hydrogens is 323 g/mol. The van der Waals surface area contributed by atoms with Crippen molar-refractivity contribution in [3.05, 3.63) is 85.1 Å². The Bertz CT molecular complexity index is 768. The first kappa shape index (κ1) is 16.1. The number of pyridine rings is 1. The van der Waals surface area contributed by atoms with Crippen molar-refractivity contribution in [1.29, 1.82) is 0 Å². The maximum absolute atomic E-state index is 13.5. The lowest BCUT2D eigenvalue weighted by Crippen LogP contribution is -2.22. The largest absolute Gasteiger partial charge is 0.545 e. The molecule has 24 heavy (non-hydrogen) atoms. The van der Waals surface area contributed by atoms with E-state index in [1.807, 2.05) is 42.5 Å². The first-order valence-electron chi connectivity index (χ1n) is 7.42. The number of nitrogens with zero attached hydrogens (tertiary/aromatic N) is 2. The van der Waals surface area contributed by atoms with E-state index >= 15 is 0 Å². The standard InChI is InChI=1S/C18H17N2O3P/c1-20(18-14-8-9-15-19-18)24(21,22-16-10-4-2-5-11-16)23-17-12-6-3-7-13-17/h2-15H,1H3. The van der Waals surface area contributed by atoms with Crippen LogP contribution in [0.25, 0.3) is 0 Å². The van der Waals surface area contributed by atoms with Crippen molar-refractivity contribution in [2.24, 2.45) is 0 Å². The van der Waals surface area contributed by atoms with Gasteiger partial charge in [-0.3, -0.25) is 0 Å². The van der Waals surface area contributed by atoms with E-state index < -0.39 is 7.75 Å². The molecule has 122 valence electrons. The Hall–Kier alpha value is -2.78. The smallest absolute Gasteiger partial charge is 0.400 e. The number of rotatable bonds is 6. The van der Waals surface area contributed by atoms with Gasteiger partial charge in [-0.05, 0) is 36.4 Å². The Labute approximate surface area is 141 Å². The van der Waals surface area contributed by atoms with Gasteiger partial charge in [0.2, 0.25) is 0 Å². The highest BCUT2D eigenvalue weighted by Gasteiger charge is 2.36. The molecule has 1 aromatic heterocycles. The summed E-state index contributed by atoms with van der Waals surface area (Å²) in [6, 6.07) is 23.2. The minimum Gasteiger partial charge on any atom is -0.400 e. The Balaban J connectivity index is 1.95. The van der Waals surface area contributed by atoms with Gasteiger partial charge < -0.3 is 9.05 Å². The summed E-state index contributed by atoms with van der Waals surface area (Å²) in [5.41, 5.74) is 0. The molecule has 5 nitrogen and oxygen atoms in total. The maximum atomic E-state index is 13.5. The molecule has 0 unspecified atom stereocenters. The summed E-state index contributed by atoms with van der Waals surface area (Å²) in [7, 11) is -2.07. The van der Waals surface area contributed by atoms with Gasteiger partial charge in [0.15, 0.2) is 0 Å². The fraction of sp³-hybridized carbons (Fsp3) is 0.0556. The molecule has 2 aromatic carbocycles. The first-order chi connectivity index (χ1) is 11.7. The van der Waals surface area contributed by atoms with Crippen LogP contribution in [0.15, 0.2) is 85.1 Å². The van der Waals surface area contributed by atoms with Crippen LogP contribution in [0, 0.1) is 0 Å². The van der Waals surface area contributed by atoms with Gasteiger partial charge in [0, 0.05) is 13.2 Å². The Kier molecular flexibility index (Phi) is 4.82. The summed E-state index contributed by atoms with van der Waals surface area (Å²) >= 11 is 0. The highest BCUT2D eigenvalue weighted by molar-refractivity contribution is 7.56. The van der Waals surface area contributed by atoms with Gasteiger partial charge >= 0.3 is 7.75 Å². The molecule has 0 aliphatic carbocycles. The van der Waals surface area contributed by atoms with Crippen LogP contribution < -0.4 is 13.7 Å². The van der Waals surface area contributed by atoms with Crippen molar-refractivity contribution < 1.29 is 13.6 Å². The maximum Gasteiger partial charge on any atom is 0.545 e. The zero-order valence-corrected chi connectivity index (χ0v) is 14.0. The van der Waals surface area contributed by atoms with Gasteiger partial charge in [0.05, 0.1) is 0 Å². The number of para-hydroxylation sites is 2. The molecule has 6 heteroatoms. The molecule has 0 amide bonds. The van der Waals surface area contributed by atoms with Crippen molar-refractivity contribution in [3.63, 3.8) is 0 Å². The average molecular weight is 340 g/mol. The Morgan fingerprint density at radius 2 is 1.29 bits per heavy atom. The monoisotopic (exact) mass is 340 g/mol. The second kappa shape index (κ2) is 7.20. The van der Waals surface area contributed by atoms with Crippen molar-refractivity contribution in [1.82, 2.24) is 4.98 Å². The molecule has 0 fully saturated rings. The molecule has 0 bridgehead atoms. The zero-order valence-electron chi connectivity index (χ0n) is 13.1. The van der Waals surface area contributed by atoms with Crippen LogP contribution in [0.4, 0.5) is 5.82 Å². The van der Waals surface area contributed by atoms with E-state index in [4.69, 9.17) is 9.05 Å². The van der Waals surface area contributed by atoms with E-state index in [1.165, 1.54) is 4.67 Å². The molecule has 0 aliphatic rings. The van der Waals surface area contributed by atoms with Crippen LogP contribution in [-0.2, 0) is 4.57 Å². The van der Waals surface area contributed by atoms with Crippen LogP contribution in [0.2, 0.25) is 0 Å². The molecular formula is C18H17N2O3P. The molecule has 3 rings (SSSR count). The van der Waals surface area contributed by atoms with Crippen molar-refractivity contribution in [3.8, 4) is 11.5 Å². The van der Waals surface area contributed by atoms with Gasteiger partial charge in [0.25, 0.3) is 0 Å². The number of anilines is 1. The van der Waals surface area contributed by atoms with Gasteiger partial charge in [-0.1, -0.05) is 42.5 Å². The SMILES string of the molecule is CN(c1ccccn1)P(=O)(Oc1ccccc1)Oc1ccccc1. The molecule has 0 aliphatic heterocycles. The van der Waals surface area contributed by atoms with Crippen LogP contribution in [0.5, 0.6) is 11.5 Å². The minimum absolute atomic E-state index is 0.458. The average Bonchev–Trinajstić information content (AvgIpc) is 2.63. The van der Waals surface area contributed by atoms with Crippen molar-refractivity contribution >= 4 is 13.6 Å². The van der Waals surface area contributed by atoms with Gasteiger partial charge in [-0.15, -0.1) is 0 Å². The normalized spacial score (nSPS) is 10.9. The quantitative estimate of drug-likeness (QED) is 0.604. The molecule has 0 saturated heterocycles. The molecule has 3 aromatic rings. The lowest BCUT2D eigenvalue weighted by molar-refractivity contribution is 0.383. The summed E-state index contributed by atoms with van der Waals surface area (Å²) in [4.78, 5) is 4.22. The molecule has 1 heterocycles. The van der Waals surface area contributed by atoms with E-state index in [-0.39, 0.29) is 0 Å². The van der Waals surface area contributed by atoms with Crippen LogP contribution in [0.1, 0.15) is 0 Å². The molecule has 0 N–H and O–H groups in total. The summed E-state index contributed by atoms with van der Waals surface area (Å²) < 4.78 is 26.4. The third kappa shape index (κ3) is 3.76. The Morgan fingerprint density at radius 1 is 0.792 bits per heavy atom. The highest BCUT2D eigenvalue weighted by atomic mass is 31.2. The van der Waals surface area contributed by atoms with Gasteiger partial charge in [-0.2, -0.15) is 0 Å². The number of hydrogen-bond donors (Lipinski definition) is 0. The van der Waals surface area contributed by atoms with E-state index in [2.05, 4.69) is 4.98 Å². The fourth-order valence-corrected chi connectivity index (χ4v) is 3.47. The molecule has 0 radical (unpaired) electrons. The zero-order chi connectivity index (χ0) is 16.8. The molecule has 0 atom stereocenters. The minimum atomic E-state index is -3.71. The van der Waals surface area contributed by atoms with E-state index in [0.29, 0.717) is 17.3 Å². The van der Waals surface area contributed by atoms with Crippen molar-refractivity contribution in [2.75, 3.05) is 11.7 Å². The van der Waals surface area contributed by atoms with E-state index in [9.17, 15) is 4.57 Å². The van der Waals surface area contributed by atoms with Gasteiger partial charge in [-0.25, -0.2) is 14.2 Å². The van der Waals surface area contributed by atoms with Crippen LogP contribution in [-0.4, -0.2) is 12.0 Å². The second-order valence-corrected chi connectivity index (χ2v) is 6.89. The summed E-state index contributed by atoms with van der Waals surface area (Å²) in [6.07, 6.45) is 1.63. The summed E-state index contributed by atoms with van der Waals surface area (Å²) in [6.45, 7) is 0. The van der Waals surface area contributed by atoms with Crippen molar-refractivity contribution in [2.45, 2.75) is 0 Å². The predicted molar refractivity (Wildman–Crippen MR) is 94.4 cm³/mol. The molecule has 0 saturated carbocycles. The second-order valence-electron chi connectivity index (χ2n) is 4.99. The Morgan fingerprint density at radius 3 is 1.75 bits per heavy atom. The van der Waals surface area contributed by atoms with Crippen LogP contribution >= 0.6 is 7.75 Å². The lowest BCUT2D eigenvalue weighted by atomic mass is 10.3. The van der Waals surface area contributed by atoms with E-state index in [0.717, 1.165) is 0 Å². The lowest BCUT2D eigenvalue weighted by Gasteiger charge is -2.27. The number of benzene rings is 2. The fourth-order valence-electron chi connectivity index (χ4n) is 2.04. The third-order valence-corrected chi connectivity index (χ3v) is 5.10.